The number of aliphatic hydroxyl groups is 1. The number of hydrogen-bond acceptors (Lipinski definition) is 3. The van der Waals surface area contributed by atoms with E-state index in [4.69, 9.17) is 10.8 Å². The molecular formula is C9H19NO3. The Hall–Kier alpha value is -0.610. The Bertz CT molecular complexity index is 180. The molecule has 0 aromatic rings. The Kier molecular flexibility index (Phi) is 4.36. The van der Waals surface area contributed by atoms with Crippen molar-refractivity contribution in [3.63, 3.8) is 0 Å². The highest BCUT2D eigenvalue weighted by Crippen LogP contribution is 2.27. The maximum atomic E-state index is 10.4. The highest BCUT2D eigenvalue weighted by atomic mass is 16.4. The molecule has 4 nitrogen and oxygen atoms in total. The third-order valence-corrected chi connectivity index (χ3v) is 2.61. The second-order valence-corrected chi connectivity index (χ2v) is 4.04. The number of aliphatic hydroxyl groups excluding tert-OH is 1. The Morgan fingerprint density at radius 2 is 2.00 bits per heavy atom. The van der Waals surface area contributed by atoms with Crippen molar-refractivity contribution in [3.05, 3.63) is 0 Å². The van der Waals surface area contributed by atoms with Gasteiger partial charge in [0.25, 0.3) is 0 Å². The molecule has 78 valence electrons. The first kappa shape index (κ1) is 12.4. The molecule has 0 aliphatic rings. The van der Waals surface area contributed by atoms with E-state index in [1.54, 1.807) is 0 Å². The van der Waals surface area contributed by atoms with E-state index in [9.17, 15) is 9.90 Å². The zero-order chi connectivity index (χ0) is 10.6. The van der Waals surface area contributed by atoms with E-state index in [-0.39, 0.29) is 11.8 Å². The van der Waals surface area contributed by atoms with Crippen LogP contribution >= 0.6 is 0 Å². The predicted molar refractivity (Wildman–Crippen MR) is 50.3 cm³/mol. The Labute approximate surface area is 78.7 Å². The molecule has 13 heavy (non-hydrogen) atoms. The molecule has 0 aromatic heterocycles. The lowest BCUT2D eigenvalue weighted by atomic mass is 9.81. The van der Waals surface area contributed by atoms with Gasteiger partial charge in [-0.2, -0.15) is 0 Å². The number of rotatable bonds is 5. The number of nitrogens with two attached hydrogens (primary N) is 1. The van der Waals surface area contributed by atoms with E-state index in [1.165, 1.54) is 0 Å². The molecule has 0 radical (unpaired) electrons. The van der Waals surface area contributed by atoms with Gasteiger partial charge in [0.05, 0.1) is 6.10 Å². The molecule has 0 aliphatic heterocycles. The Morgan fingerprint density at radius 3 is 2.31 bits per heavy atom. The zero-order valence-electron chi connectivity index (χ0n) is 8.45. The van der Waals surface area contributed by atoms with Gasteiger partial charge in [-0.05, 0) is 18.3 Å². The average Bonchev–Trinajstić information content (AvgIpc) is 2.04. The van der Waals surface area contributed by atoms with Gasteiger partial charge in [0, 0.05) is 0 Å². The van der Waals surface area contributed by atoms with Gasteiger partial charge in [0.1, 0.15) is 6.04 Å². The van der Waals surface area contributed by atoms with Gasteiger partial charge in [-0.1, -0.05) is 20.8 Å². The van der Waals surface area contributed by atoms with Gasteiger partial charge in [-0.3, -0.25) is 4.79 Å². The van der Waals surface area contributed by atoms with E-state index < -0.39 is 18.1 Å². The van der Waals surface area contributed by atoms with Gasteiger partial charge >= 0.3 is 5.97 Å². The van der Waals surface area contributed by atoms with Crippen LogP contribution in [0.25, 0.3) is 0 Å². The summed E-state index contributed by atoms with van der Waals surface area (Å²) in [6.45, 7) is 5.74. The molecule has 0 aromatic carbocycles. The number of carboxylic acid groups (broad SMARTS) is 1. The van der Waals surface area contributed by atoms with E-state index in [0.717, 1.165) is 6.42 Å². The van der Waals surface area contributed by atoms with Crippen LogP contribution in [0.5, 0.6) is 0 Å². The summed E-state index contributed by atoms with van der Waals surface area (Å²) < 4.78 is 0. The third kappa shape index (κ3) is 3.74. The molecule has 0 bridgehead atoms. The maximum absolute atomic E-state index is 10.4. The molecule has 4 N–H and O–H groups in total. The van der Waals surface area contributed by atoms with Crippen molar-refractivity contribution in [2.75, 3.05) is 0 Å². The number of hydrogen-bond donors (Lipinski definition) is 3. The van der Waals surface area contributed by atoms with Crippen LogP contribution in [0.3, 0.4) is 0 Å². The summed E-state index contributed by atoms with van der Waals surface area (Å²) in [6, 6.07) is -0.971. The van der Waals surface area contributed by atoms with Crippen molar-refractivity contribution in [2.24, 2.45) is 11.1 Å². The topological polar surface area (TPSA) is 83.5 Å². The number of carbonyl (C=O) groups is 1. The molecule has 4 heteroatoms. The number of carboxylic acids is 1. The lowest BCUT2D eigenvalue weighted by molar-refractivity contribution is -0.139. The minimum atomic E-state index is -1.06. The predicted octanol–water partition coefficient (Wildman–Crippen LogP) is 0.585. The van der Waals surface area contributed by atoms with Crippen LogP contribution in [0.4, 0.5) is 0 Å². The second-order valence-electron chi connectivity index (χ2n) is 4.04. The van der Waals surface area contributed by atoms with Crippen LogP contribution in [-0.4, -0.2) is 28.3 Å². The Morgan fingerprint density at radius 1 is 1.54 bits per heavy atom. The summed E-state index contributed by atoms with van der Waals surface area (Å²) >= 11 is 0. The quantitative estimate of drug-likeness (QED) is 0.591. The average molecular weight is 189 g/mol. The molecule has 0 rings (SSSR count). The molecule has 0 unspecified atom stereocenters. The van der Waals surface area contributed by atoms with Crippen molar-refractivity contribution in [3.8, 4) is 0 Å². The monoisotopic (exact) mass is 189 g/mol. The fourth-order valence-corrected chi connectivity index (χ4v) is 0.896. The van der Waals surface area contributed by atoms with Crippen molar-refractivity contribution in [2.45, 2.75) is 45.8 Å². The van der Waals surface area contributed by atoms with E-state index >= 15 is 0 Å². The molecule has 0 saturated carbocycles. The summed E-state index contributed by atoms with van der Waals surface area (Å²) in [4.78, 5) is 10.4. The lowest BCUT2D eigenvalue weighted by Crippen LogP contribution is -2.39. The first-order chi connectivity index (χ1) is 5.81. The second kappa shape index (κ2) is 4.58. The third-order valence-electron chi connectivity index (χ3n) is 2.61. The summed E-state index contributed by atoms with van der Waals surface area (Å²) in [5, 5.41) is 18.2. The van der Waals surface area contributed by atoms with E-state index in [0.29, 0.717) is 0 Å². The molecule has 0 heterocycles. The Balaban J connectivity index is 4.14. The first-order valence-corrected chi connectivity index (χ1v) is 4.47. The summed E-state index contributed by atoms with van der Waals surface area (Å²) in [5.41, 5.74) is 5.04. The molecule has 0 fully saturated rings. The zero-order valence-corrected chi connectivity index (χ0v) is 8.45. The molecular weight excluding hydrogens is 170 g/mol. The molecule has 0 aliphatic carbocycles. The first-order valence-electron chi connectivity index (χ1n) is 4.47. The fourth-order valence-electron chi connectivity index (χ4n) is 0.896. The van der Waals surface area contributed by atoms with Crippen LogP contribution < -0.4 is 5.73 Å². The highest BCUT2D eigenvalue weighted by molar-refractivity contribution is 5.73. The van der Waals surface area contributed by atoms with Crippen molar-refractivity contribution in [1.82, 2.24) is 0 Å². The molecule has 2 atom stereocenters. The van der Waals surface area contributed by atoms with Crippen LogP contribution in [0, 0.1) is 5.41 Å². The fraction of sp³-hybridized carbons (Fsp3) is 0.889. The van der Waals surface area contributed by atoms with Gasteiger partial charge in [0.2, 0.25) is 0 Å². The molecule has 0 amide bonds. The SMILES string of the molecule is CCC(C)(C)[C@H](O)C[C@@H](N)C(=O)O. The van der Waals surface area contributed by atoms with Gasteiger partial charge in [0.15, 0.2) is 0 Å². The van der Waals surface area contributed by atoms with E-state index in [2.05, 4.69) is 0 Å². The standard InChI is InChI=1S/C9H19NO3/c1-4-9(2,3)7(11)5-6(10)8(12)13/h6-7,11H,4-5,10H2,1-3H3,(H,12,13)/t6-,7-/m1/s1. The lowest BCUT2D eigenvalue weighted by Gasteiger charge is -2.30. The highest BCUT2D eigenvalue weighted by Gasteiger charge is 2.29. The van der Waals surface area contributed by atoms with Crippen LogP contribution in [-0.2, 0) is 4.79 Å². The largest absolute Gasteiger partial charge is 0.480 e. The normalized spacial score (nSPS) is 16.7. The summed E-state index contributed by atoms with van der Waals surface area (Å²) in [6.07, 6.45) is 0.236. The van der Waals surface area contributed by atoms with Crippen LogP contribution in [0.2, 0.25) is 0 Å². The minimum absolute atomic E-state index is 0.107. The maximum Gasteiger partial charge on any atom is 0.320 e. The van der Waals surface area contributed by atoms with Crippen LogP contribution in [0.15, 0.2) is 0 Å². The molecule has 0 saturated heterocycles. The van der Waals surface area contributed by atoms with Crippen LogP contribution in [0.1, 0.15) is 33.6 Å². The van der Waals surface area contributed by atoms with Gasteiger partial charge in [-0.25, -0.2) is 0 Å². The smallest absolute Gasteiger partial charge is 0.320 e. The van der Waals surface area contributed by atoms with Crippen molar-refractivity contribution >= 4 is 5.97 Å². The van der Waals surface area contributed by atoms with Gasteiger partial charge < -0.3 is 15.9 Å². The van der Waals surface area contributed by atoms with Crippen molar-refractivity contribution in [1.29, 1.82) is 0 Å². The van der Waals surface area contributed by atoms with Crippen molar-refractivity contribution < 1.29 is 15.0 Å². The summed E-state index contributed by atoms with van der Waals surface area (Å²) in [7, 11) is 0. The molecule has 0 spiro atoms. The minimum Gasteiger partial charge on any atom is -0.480 e. The van der Waals surface area contributed by atoms with E-state index in [1.807, 2.05) is 20.8 Å². The summed E-state index contributed by atoms with van der Waals surface area (Å²) in [5.74, 6) is -1.06. The number of aliphatic carboxylic acids is 1. The van der Waals surface area contributed by atoms with Gasteiger partial charge in [-0.15, -0.1) is 0 Å².